The molecule has 0 aromatic carbocycles. The molecule has 1 aliphatic rings. The van der Waals surface area contributed by atoms with E-state index in [9.17, 15) is 4.79 Å². The lowest BCUT2D eigenvalue weighted by Crippen LogP contribution is -2.32. The first kappa shape index (κ1) is 12.2. The van der Waals surface area contributed by atoms with Crippen molar-refractivity contribution in [1.29, 1.82) is 0 Å². The van der Waals surface area contributed by atoms with Gasteiger partial charge in [-0.1, -0.05) is 0 Å². The number of furan rings is 1. The smallest absolute Gasteiger partial charge is 0.225 e. The van der Waals surface area contributed by atoms with Crippen molar-refractivity contribution in [3.05, 3.63) is 23.7 Å². The number of carbonyl (C=O) groups is 1. The SMILES string of the molecule is Cc1ccc(CN(C)C(=O)C2CCC(N)C2)o1. The fraction of sp³-hybridized carbons (Fsp3) is 0.615. The van der Waals surface area contributed by atoms with E-state index in [1.54, 1.807) is 4.90 Å². The van der Waals surface area contributed by atoms with Crippen LogP contribution < -0.4 is 5.73 Å². The molecule has 1 fully saturated rings. The van der Waals surface area contributed by atoms with Crippen LogP contribution in [0, 0.1) is 12.8 Å². The molecule has 2 unspecified atom stereocenters. The number of rotatable bonds is 3. The molecule has 17 heavy (non-hydrogen) atoms. The second-order valence-electron chi connectivity index (χ2n) is 4.98. The Hall–Kier alpha value is -1.29. The van der Waals surface area contributed by atoms with Crippen LogP contribution in [0.5, 0.6) is 0 Å². The van der Waals surface area contributed by atoms with Gasteiger partial charge in [-0.05, 0) is 38.3 Å². The summed E-state index contributed by atoms with van der Waals surface area (Å²) in [6, 6.07) is 4.03. The summed E-state index contributed by atoms with van der Waals surface area (Å²) in [7, 11) is 1.82. The Labute approximate surface area is 102 Å². The number of carbonyl (C=O) groups excluding carboxylic acids is 1. The summed E-state index contributed by atoms with van der Waals surface area (Å²) in [6.07, 6.45) is 2.70. The van der Waals surface area contributed by atoms with Gasteiger partial charge in [-0.2, -0.15) is 0 Å². The van der Waals surface area contributed by atoms with Gasteiger partial charge in [-0.3, -0.25) is 4.79 Å². The lowest BCUT2D eigenvalue weighted by Gasteiger charge is -2.19. The Bertz CT molecular complexity index is 400. The van der Waals surface area contributed by atoms with Crippen LogP contribution in [-0.2, 0) is 11.3 Å². The normalized spacial score (nSPS) is 23.9. The third kappa shape index (κ3) is 2.88. The van der Waals surface area contributed by atoms with Gasteiger partial charge in [-0.25, -0.2) is 0 Å². The molecule has 4 heteroatoms. The molecule has 1 heterocycles. The number of hydrogen-bond acceptors (Lipinski definition) is 3. The molecule has 0 spiro atoms. The number of nitrogens with two attached hydrogens (primary N) is 1. The predicted molar refractivity (Wildman–Crippen MR) is 65.2 cm³/mol. The van der Waals surface area contributed by atoms with E-state index < -0.39 is 0 Å². The minimum absolute atomic E-state index is 0.103. The van der Waals surface area contributed by atoms with E-state index >= 15 is 0 Å². The summed E-state index contributed by atoms with van der Waals surface area (Å²) >= 11 is 0. The Morgan fingerprint density at radius 2 is 2.29 bits per heavy atom. The Morgan fingerprint density at radius 3 is 2.82 bits per heavy atom. The third-order valence-corrected chi connectivity index (χ3v) is 3.39. The van der Waals surface area contributed by atoms with Crippen molar-refractivity contribution in [3.63, 3.8) is 0 Å². The van der Waals surface area contributed by atoms with Gasteiger partial charge in [0.25, 0.3) is 0 Å². The molecule has 2 N–H and O–H groups in total. The molecule has 4 nitrogen and oxygen atoms in total. The van der Waals surface area contributed by atoms with Crippen molar-refractivity contribution in [2.24, 2.45) is 11.7 Å². The zero-order valence-electron chi connectivity index (χ0n) is 10.5. The van der Waals surface area contributed by atoms with Crippen LogP contribution in [0.15, 0.2) is 16.5 Å². The van der Waals surface area contributed by atoms with Crippen LogP contribution in [0.2, 0.25) is 0 Å². The summed E-state index contributed by atoms with van der Waals surface area (Å²) in [5.74, 6) is 2.00. The topological polar surface area (TPSA) is 59.5 Å². The van der Waals surface area contributed by atoms with E-state index in [1.165, 1.54) is 0 Å². The minimum atomic E-state index is 0.103. The first-order valence-electron chi connectivity index (χ1n) is 6.12. The highest BCUT2D eigenvalue weighted by atomic mass is 16.3. The maximum atomic E-state index is 12.1. The Balaban J connectivity index is 1.91. The summed E-state index contributed by atoms with van der Waals surface area (Å²) in [5.41, 5.74) is 5.83. The molecule has 0 aliphatic heterocycles. The minimum Gasteiger partial charge on any atom is -0.464 e. The van der Waals surface area contributed by atoms with Gasteiger partial charge in [-0.15, -0.1) is 0 Å². The molecule has 1 amide bonds. The highest BCUT2D eigenvalue weighted by Crippen LogP contribution is 2.26. The Kier molecular flexibility index (Phi) is 3.52. The quantitative estimate of drug-likeness (QED) is 0.868. The molecule has 2 rings (SSSR count). The molecule has 0 saturated heterocycles. The molecule has 1 saturated carbocycles. The van der Waals surface area contributed by atoms with Crippen molar-refractivity contribution in [2.45, 2.75) is 38.8 Å². The second-order valence-corrected chi connectivity index (χ2v) is 4.98. The van der Waals surface area contributed by atoms with Crippen LogP contribution in [-0.4, -0.2) is 23.9 Å². The average Bonchev–Trinajstić information content (AvgIpc) is 2.87. The van der Waals surface area contributed by atoms with Gasteiger partial charge in [0.05, 0.1) is 6.54 Å². The number of amides is 1. The zero-order valence-corrected chi connectivity index (χ0v) is 10.5. The van der Waals surface area contributed by atoms with Crippen LogP contribution in [0.4, 0.5) is 0 Å². The summed E-state index contributed by atoms with van der Waals surface area (Å²) in [6.45, 7) is 2.44. The van der Waals surface area contributed by atoms with Crippen LogP contribution in [0.25, 0.3) is 0 Å². The first-order valence-corrected chi connectivity index (χ1v) is 6.12. The monoisotopic (exact) mass is 236 g/mol. The lowest BCUT2D eigenvalue weighted by atomic mass is 10.1. The van der Waals surface area contributed by atoms with E-state index in [4.69, 9.17) is 10.2 Å². The van der Waals surface area contributed by atoms with E-state index in [1.807, 2.05) is 26.1 Å². The molecule has 2 atom stereocenters. The van der Waals surface area contributed by atoms with Crippen molar-refractivity contribution < 1.29 is 9.21 Å². The van der Waals surface area contributed by atoms with Crippen molar-refractivity contribution in [3.8, 4) is 0 Å². The van der Waals surface area contributed by atoms with E-state index in [2.05, 4.69) is 0 Å². The van der Waals surface area contributed by atoms with Gasteiger partial charge in [0, 0.05) is 19.0 Å². The molecule has 0 radical (unpaired) electrons. The van der Waals surface area contributed by atoms with Crippen molar-refractivity contribution in [2.75, 3.05) is 7.05 Å². The van der Waals surface area contributed by atoms with Crippen LogP contribution in [0.3, 0.4) is 0 Å². The number of hydrogen-bond donors (Lipinski definition) is 1. The third-order valence-electron chi connectivity index (χ3n) is 3.39. The molecular formula is C13H20N2O2. The number of nitrogens with zero attached hydrogens (tertiary/aromatic N) is 1. The molecule has 94 valence electrons. The van der Waals surface area contributed by atoms with Gasteiger partial charge < -0.3 is 15.1 Å². The van der Waals surface area contributed by atoms with Gasteiger partial charge in [0.15, 0.2) is 0 Å². The van der Waals surface area contributed by atoms with Crippen molar-refractivity contribution in [1.82, 2.24) is 4.90 Å². The van der Waals surface area contributed by atoms with Crippen LogP contribution in [0.1, 0.15) is 30.8 Å². The Morgan fingerprint density at radius 1 is 1.53 bits per heavy atom. The highest BCUT2D eigenvalue weighted by Gasteiger charge is 2.29. The maximum Gasteiger partial charge on any atom is 0.225 e. The largest absolute Gasteiger partial charge is 0.464 e. The molecule has 1 aromatic rings. The van der Waals surface area contributed by atoms with Gasteiger partial charge >= 0.3 is 0 Å². The highest BCUT2D eigenvalue weighted by molar-refractivity contribution is 5.78. The molecular weight excluding hydrogens is 216 g/mol. The van der Waals surface area contributed by atoms with E-state index in [-0.39, 0.29) is 17.9 Å². The predicted octanol–water partition coefficient (Wildman–Crippen LogP) is 1.67. The lowest BCUT2D eigenvalue weighted by molar-refractivity contribution is -0.134. The average molecular weight is 236 g/mol. The summed E-state index contributed by atoms with van der Waals surface area (Å²) in [4.78, 5) is 13.9. The van der Waals surface area contributed by atoms with E-state index in [0.29, 0.717) is 6.54 Å². The van der Waals surface area contributed by atoms with Gasteiger partial charge in [0.1, 0.15) is 11.5 Å². The summed E-state index contributed by atoms with van der Waals surface area (Å²) in [5, 5.41) is 0. The molecule has 1 aromatic heterocycles. The van der Waals surface area contributed by atoms with Gasteiger partial charge in [0.2, 0.25) is 5.91 Å². The first-order chi connectivity index (χ1) is 8.06. The fourth-order valence-electron chi connectivity index (χ4n) is 2.43. The van der Waals surface area contributed by atoms with E-state index in [0.717, 1.165) is 30.8 Å². The number of aryl methyl sites for hydroxylation is 1. The maximum absolute atomic E-state index is 12.1. The second kappa shape index (κ2) is 4.92. The standard InChI is InChI=1S/C13H20N2O2/c1-9-3-6-12(17-9)8-15(2)13(16)10-4-5-11(14)7-10/h3,6,10-11H,4-5,7-8,14H2,1-2H3. The molecule has 0 bridgehead atoms. The zero-order chi connectivity index (χ0) is 12.4. The molecule has 1 aliphatic carbocycles. The van der Waals surface area contributed by atoms with Crippen LogP contribution >= 0.6 is 0 Å². The summed E-state index contributed by atoms with van der Waals surface area (Å²) < 4.78 is 5.47. The fourth-order valence-corrected chi connectivity index (χ4v) is 2.43. The van der Waals surface area contributed by atoms with Crippen molar-refractivity contribution >= 4 is 5.91 Å².